The second kappa shape index (κ2) is 13.4. The topological polar surface area (TPSA) is 51.6 Å². The molecule has 0 unspecified atom stereocenters. The van der Waals surface area contributed by atoms with Crippen LogP contribution in [-0.2, 0) is 12.8 Å². The van der Waals surface area contributed by atoms with Crippen molar-refractivity contribution in [3.8, 4) is 0 Å². The number of aromatic nitrogens is 4. The van der Waals surface area contributed by atoms with Gasteiger partial charge in [0, 0.05) is 44.3 Å². The molecular weight excluding hydrogens is 512 g/mol. The Morgan fingerprint density at radius 2 is 0.619 bits per heavy atom. The molecular formula is C38H42N4. The van der Waals surface area contributed by atoms with Crippen LogP contribution < -0.4 is 0 Å². The van der Waals surface area contributed by atoms with Gasteiger partial charge in [-0.05, 0) is 63.8 Å². The van der Waals surface area contributed by atoms with Crippen LogP contribution in [0, 0.1) is 13.8 Å². The Balaban J connectivity index is 0.858. The zero-order chi connectivity index (χ0) is 28.7. The van der Waals surface area contributed by atoms with Crippen molar-refractivity contribution in [2.45, 2.75) is 90.9 Å². The van der Waals surface area contributed by atoms with Crippen molar-refractivity contribution in [1.29, 1.82) is 0 Å². The molecule has 2 aromatic carbocycles. The summed E-state index contributed by atoms with van der Waals surface area (Å²) in [5.41, 5.74) is 8.62. The second-order valence-electron chi connectivity index (χ2n) is 12.0. The molecule has 0 aliphatic carbocycles. The third-order valence-corrected chi connectivity index (χ3v) is 8.55. The number of fused-ring (bicyclic) bond motifs is 6. The summed E-state index contributed by atoms with van der Waals surface area (Å²) >= 11 is 0. The Hall–Kier alpha value is -3.92. The summed E-state index contributed by atoms with van der Waals surface area (Å²) in [6.45, 7) is 4.10. The molecule has 4 nitrogen and oxygen atoms in total. The molecule has 0 saturated heterocycles. The Bertz CT molecular complexity index is 1690. The number of nitrogens with zero attached hydrogens (tertiary/aromatic N) is 4. The second-order valence-corrected chi connectivity index (χ2v) is 12.0. The molecule has 6 aromatic rings. The van der Waals surface area contributed by atoms with E-state index in [9.17, 15) is 0 Å². The number of hydrogen-bond acceptors (Lipinski definition) is 4. The van der Waals surface area contributed by atoms with Crippen molar-refractivity contribution < 1.29 is 0 Å². The number of pyridine rings is 4. The highest BCUT2D eigenvalue weighted by atomic mass is 14.8. The molecule has 4 heteroatoms. The minimum Gasteiger partial charge on any atom is -0.251 e. The van der Waals surface area contributed by atoms with E-state index in [1.54, 1.807) is 0 Å². The molecule has 0 N–H and O–H groups in total. The average Bonchev–Trinajstić information content (AvgIpc) is 3.01. The van der Waals surface area contributed by atoms with E-state index in [1.807, 2.05) is 13.8 Å². The molecule has 42 heavy (non-hydrogen) atoms. The maximum absolute atomic E-state index is 5.01. The van der Waals surface area contributed by atoms with Gasteiger partial charge in [0.05, 0.1) is 22.1 Å². The molecule has 4 aromatic heterocycles. The van der Waals surface area contributed by atoms with Crippen LogP contribution in [0.3, 0.4) is 0 Å². The molecule has 214 valence electrons. The van der Waals surface area contributed by atoms with Gasteiger partial charge in [0.15, 0.2) is 0 Å². The molecule has 0 aliphatic rings. The maximum Gasteiger partial charge on any atom is 0.0967 e. The van der Waals surface area contributed by atoms with E-state index in [4.69, 9.17) is 19.9 Å². The third-order valence-electron chi connectivity index (χ3n) is 8.55. The fraction of sp³-hybridized carbons (Fsp3) is 0.368. The van der Waals surface area contributed by atoms with Crippen molar-refractivity contribution in [2.24, 2.45) is 0 Å². The lowest BCUT2D eigenvalue weighted by Crippen LogP contribution is -1.94. The van der Waals surface area contributed by atoms with Gasteiger partial charge in [-0.3, -0.25) is 19.9 Å². The first-order valence-electron chi connectivity index (χ1n) is 16.0. The molecule has 0 saturated carbocycles. The molecule has 0 fully saturated rings. The van der Waals surface area contributed by atoms with Gasteiger partial charge in [0.2, 0.25) is 0 Å². The third kappa shape index (κ3) is 6.75. The molecule has 0 amide bonds. The first-order valence-corrected chi connectivity index (χ1v) is 16.0. The minimum atomic E-state index is 1.03. The fourth-order valence-electron chi connectivity index (χ4n) is 6.12. The zero-order valence-electron chi connectivity index (χ0n) is 25.2. The average molecular weight is 555 g/mol. The Morgan fingerprint density at radius 3 is 1.00 bits per heavy atom. The van der Waals surface area contributed by atoms with Crippen LogP contribution in [0.2, 0.25) is 0 Å². The van der Waals surface area contributed by atoms with Crippen LogP contribution in [0.1, 0.15) is 87.0 Å². The van der Waals surface area contributed by atoms with Crippen molar-refractivity contribution in [2.75, 3.05) is 0 Å². The predicted molar refractivity (Wildman–Crippen MR) is 177 cm³/mol. The van der Waals surface area contributed by atoms with Gasteiger partial charge in [-0.1, -0.05) is 99.9 Å². The van der Waals surface area contributed by atoms with Crippen LogP contribution in [0.25, 0.3) is 43.6 Å². The quantitative estimate of drug-likeness (QED) is 0.105. The SMILES string of the molecule is Cc1ccc2ccc3ccc(CCCCCCCCCCCCc4ccc5ccc6ccc(C)nc6c5n4)nc3c2n1. The number of benzene rings is 2. The molecule has 4 heterocycles. The Kier molecular flexibility index (Phi) is 8.98. The van der Waals surface area contributed by atoms with Gasteiger partial charge in [-0.2, -0.15) is 0 Å². The molecule has 0 aliphatic heterocycles. The number of hydrogen-bond donors (Lipinski definition) is 0. The number of aryl methyl sites for hydroxylation is 4. The summed E-state index contributed by atoms with van der Waals surface area (Å²) in [6.07, 6.45) is 15.2. The van der Waals surface area contributed by atoms with E-state index >= 15 is 0 Å². The highest BCUT2D eigenvalue weighted by molar-refractivity contribution is 6.03. The summed E-state index contributed by atoms with van der Waals surface area (Å²) in [5.74, 6) is 0. The first-order chi connectivity index (χ1) is 20.6. The summed E-state index contributed by atoms with van der Waals surface area (Å²) in [4.78, 5) is 19.6. The maximum atomic E-state index is 5.01. The fourth-order valence-corrected chi connectivity index (χ4v) is 6.12. The van der Waals surface area contributed by atoms with Crippen LogP contribution in [-0.4, -0.2) is 19.9 Å². The van der Waals surface area contributed by atoms with E-state index in [-0.39, 0.29) is 0 Å². The first kappa shape index (κ1) is 28.2. The molecule has 0 spiro atoms. The van der Waals surface area contributed by atoms with E-state index in [2.05, 4.69) is 72.8 Å². The van der Waals surface area contributed by atoms with Crippen molar-refractivity contribution in [3.63, 3.8) is 0 Å². The van der Waals surface area contributed by atoms with Crippen molar-refractivity contribution >= 4 is 43.6 Å². The van der Waals surface area contributed by atoms with Crippen molar-refractivity contribution in [1.82, 2.24) is 19.9 Å². The smallest absolute Gasteiger partial charge is 0.0967 e. The molecule has 0 bridgehead atoms. The summed E-state index contributed by atoms with van der Waals surface area (Å²) in [6, 6.07) is 25.9. The van der Waals surface area contributed by atoms with E-state index in [1.165, 1.54) is 97.1 Å². The van der Waals surface area contributed by atoms with Crippen LogP contribution in [0.15, 0.2) is 72.8 Å². The number of rotatable bonds is 13. The minimum absolute atomic E-state index is 1.03. The van der Waals surface area contributed by atoms with E-state index in [0.717, 1.165) is 46.3 Å². The lowest BCUT2D eigenvalue weighted by Gasteiger charge is -2.07. The van der Waals surface area contributed by atoms with Crippen LogP contribution in [0.4, 0.5) is 0 Å². The van der Waals surface area contributed by atoms with Crippen LogP contribution in [0.5, 0.6) is 0 Å². The lowest BCUT2D eigenvalue weighted by atomic mass is 10.0. The van der Waals surface area contributed by atoms with Gasteiger partial charge >= 0.3 is 0 Å². The van der Waals surface area contributed by atoms with Gasteiger partial charge in [0.25, 0.3) is 0 Å². The predicted octanol–water partition coefficient (Wildman–Crippen LogP) is 10.2. The highest BCUT2D eigenvalue weighted by Gasteiger charge is 2.07. The summed E-state index contributed by atoms with van der Waals surface area (Å²) in [7, 11) is 0. The number of unbranched alkanes of at least 4 members (excludes halogenated alkanes) is 9. The van der Waals surface area contributed by atoms with E-state index in [0.29, 0.717) is 0 Å². The Morgan fingerprint density at radius 1 is 0.333 bits per heavy atom. The monoisotopic (exact) mass is 554 g/mol. The highest BCUT2D eigenvalue weighted by Crippen LogP contribution is 2.25. The van der Waals surface area contributed by atoms with Crippen LogP contribution >= 0.6 is 0 Å². The summed E-state index contributed by atoms with van der Waals surface area (Å²) in [5, 5.41) is 4.69. The summed E-state index contributed by atoms with van der Waals surface area (Å²) < 4.78 is 0. The molecule has 0 atom stereocenters. The van der Waals surface area contributed by atoms with E-state index < -0.39 is 0 Å². The molecule has 6 rings (SSSR count). The largest absolute Gasteiger partial charge is 0.251 e. The normalized spacial score (nSPS) is 11.8. The zero-order valence-corrected chi connectivity index (χ0v) is 25.2. The van der Waals surface area contributed by atoms with Crippen molar-refractivity contribution in [3.05, 3.63) is 95.6 Å². The standard InChI is InChI=1S/C38H42N4/c1-27-15-17-29-19-21-31-23-25-33(41-37(31)35(29)39-27)13-11-9-7-5-3-4-6-8-10-12-14-34-26-24-32-22-20-30-18-16-28(2)40-36(30)38(32)42-34/h15-26H,3-14H2,1-2H3. The van der Waals surface area contributed by atoms with Gasteiger partial charge in [0.1, 0.15) is 0 Å². The van der Waals surface area contributed by atoms with Gasteiger partial charge in [-0.15, -0.1) is 0 Å². The molecule has 0 radical (unpaired) electrons. The Labute approximate surface area is 249 Å². The van der Waals surface area contributed by atoms with Gasteiger partial charge in [-0.25, -0.2) is 0 Å². The lowest BCUT2D eigenvalue weighted by molar-refractivity contribution is 0.550. The van der Waals surface area contributed by atoms with Gasteiger partial charge < -0.3 is 0 Å².